The Balaban J connectivity index is 1.60. The highest BCUT2D eigenvalue weighted by molar-refractivity contribution is 7.09. The van der Waals surface area contributed by atoms with Crippen LogP contribution in [-0.4, -0.2) is 57.3 Å². The monoisotopic (exact) mass is 338 g/mol. The minimum absolute atomic E-state index is 0.721. The van der Waals surface area contributed by atoms with Crippen LogP contribution in [-0.2, 0) is 11.3 Å². The van der Waals surface area contributed by atoms with Crippen LogP contribution in [0.25, 0.3) is 0 Å². The summed E-state index contributed by atoms with van der Waals surface area (Å²) in [5.41, 5.74) is 0. The van der Waals surface area contributed by atoms with Crippen LogP contribution in [0.1, 0.15) is 24.6 Å². The van der Waals surface area contributed by atoms with Gasteiger partial charge in [-0.05, 0) is 50.2 Å². The van der Waals surface area contributed by atoms with Crippen molar-refractivity contribution in [1.82, 2.24) is 15.5 Å². The first-order valence-corrected chi connectivity index (χ1v) is 9.46. The molecule has 6 heteroatoms. The summed E-state index contributed by atoms with van der Waals surface area (Å²) in [6.07, 6.45) is 2.52. The van der Waals surface area contributed by atoms with Crippen LogP contribution in [0.4, 0.5) is 0 Å². The molecule has 0 aromatic carbocycles. The van der Waals surface area contributed by atoms with Crippen LogP contribution < -0.4 is 10.6 Å². The van der Waals surface area contributed by atoms with E-state index in [0.717, 1.165) is 44.7 Å². The second-order valence-corrected chi connectivity index (χ2v) is 6.91. The summed E-state index contributed by atoms with van der Waals surface area (Å²) >= 11 is 1.86. The van der Waals surface area contributed by atoms with Gasteiger partial charge in [-0.3, -0.25) is 9.89 Å². The molecule has 0 aliphatic carbocycles. The molecule has 2 rings (SSSR count). The fourth-order valence-electron chi connectivity index (χ4n) is 2.82. The first kappa shape index (κ1) is 18.2. The summed E-state index contributed by atoms with van der Waals surface area (Å²) in [4.78, 5) is 8.30. The molecule has 0 unspecified atom stereocenters. The number of rotatable bonds is 8. The zero-order valence-corrected chi connectivity index (χ0v) is 15.2. The lowest BCUT2D eigenvalue weighted by molar-refractivity contribution is 0.152. The SMILES string of the molecule is CCOCCNC(=NC)NCC1CCN(Cc2cccs2)CC1. The van der Waals surface area contributed by atoms with Gasteiger partial charge in [0, 0.05) is 38.2 Å². The van der Waals surface area contributed by atoms with Gasteiger partial charge in [0.2, 0.25) is 0 Å². The molecule has 0 radical (unpaired) electrons. The Morgan fingerprint density at radius 3 is 2.87 bits per heavy atom. The molecule has 1 saturated heterocycles. The van der Waals surface area contributed by atoms with Crippen LogP contribution in [0.3, 0.4) is 0 Å². The van der Waals surface area contributed by atoms with Crippen molar-refractivity contribution in [2.45, 2.75) is 26.3 Å². The van der Waals surface area contributed by atoms with E-state index in [-0.39, 0.29) is 0 Å². The normalized spacial score (nSPS) is 17.4. The van der Waals surface area contributed by atoms with Gasteiger partial charge in [-0.15, -0.1) is 11.3 Å². The molecule has 1 fully saturated rings. The van der Waals surface area contributed by atoms with Gasteiger partial charge in [0.05, 0.1) is 6.61 Å². The van der Waals surface area contributed by atoms with Gasteiger partial charge >= 0.3 is 0 Å². The molecule has 0 saturated carbocycles. The lowest BCUT2D eigenvalue weighted by atomic mass is 9.97. The van der Waals surface area contributed by atoms with Gasteiger partial charge in [-0.1, -0.05) is 6.07 Å². The van der Waals surface area contributed by atoms with Crippen molar-refractivity contribution in [3.8, 4) is 0 Å². The molecular weight excluding hydrogens is 308 g/mol. The summed E-state index contributed by atoms with van der Waals surface area (Å²) < 4.78 is 5.33. The highest BCUT2D eigenvalue weighted by Gasteiger charge is 2.19. The fraction of sp³-hybridized carbons (Fsp3) is 0.706. The van der Waals surface area contributed by atoms with E-state index in [0.29, 0.717) is 0 Å². The van der Waals surface area contributed by atoms with Gasteiger partial charge in [-0.2, -0.15) is 0 Å². The molecule has 1 aromatic heterocycles. The van der Waals surface area contributed by atoms with E-state index in [9.17, 15) is 0 Å². The van der Waals surface area contributed by atoms with Crippen LogP contribution in [0.15, 0.2) is 22.5 Å². The molecule has 0 spiro atoms. The van der Waals surface area contributed by atoms with Crippen molar-refractivity contribution in [2.75, 3.05) is 46.4 Å². The maximum Gasteiger partial charge on any atom is 0.191 e. The maximum atomic E-state index is 5.33. The molecule has 1 aromatic rings. The van der Waals surface area contributed by atoms with Gasteiger partial charge in [0.1, 0.15) is 0 Å². The van der Waals surface area contributed by atoms with Gasteiger partial charge in [0.15, 0.2) is 5.96 Å². The third-order valence-corrected chi connectivity index (χ3v) is 5.05. The summed E-state index contributed by atoms with van der Waals surface area (Å²) in [6.45, 7) is 8.79. The highest BCUT2D eigenvalue weighted by Crippen LogP contribution is 2.20. The van der Waals surface area contributed by atoms with Crippen LogP contribution in [0.5, 0.6) is 0 Å². The van der Waals surface area contributed by atoms with Crippen LogP contribution >= 0.6 is 11.3 Å². The topological polar surface area (TPSA) is 48.9 Å². The Morgan fingerprint density at radius 2 is 2.22 bits per heavy atom. The van der Waals surface area contributed by atoms with Crippen LogP contribution in [0.2, 0.25) is 0 Å². The van der Waals surface area contributed by atoms with E-state index >= 15 is 0 Å². The molecule has 0 atom stereocenters. The largest absolute Gasteiger partial charge is 0.380 e. The number of ether oxygens (including phenoxy) is 1. The van der Waals surface area contributed by atoms with Crippen molar-refractivity contribution in [2.24, 2.45) is 10.9 Å². The maximum absolute atomic E-state index is 5.33. The molecule has 1 aliphatic heterocycles. The van der Waals surface area contributed by atoms with Crippen molar-refractivity contribution in [3.05, 3.63) is 22.4 Å². The zero-order valence-electron chi connectivity index (χ0n) is 14.4. The molecule has 5 nitrogen and oxygen atoms in total. The number of aliphatic imine (C=N–C) groups is 1. The number of guanidine groups is 1. The van der Waals surface area contributed by atoms with E-state index in [1.165, 1.54) is 30.8 Å². The Morgan fingerprint density at radius 1 is 1.39 bits per heavy atom. The summed E-state index contributed by atoms with van der Waals surface area (Å²) in [7, 11) is 1.82. The van der Waals surface area contributed by atoms with E-state index in [4.69, 9.17) is 4.74 Å². The number of likely N-dealkylation sites (tertiary alicyclic amines) is 1. The van der Waals surface area contributed by atoms with Crippen molar-refractivity contribution in [1.29, 1.82) is 0 Å². The smallest absolute Gasteiger partial charge is 0.191 e. The number of hydrogen-bond acceptors (Lipinski definition) is 4. The van der Waals surface area contributed by atoms with E-state index in [1.54, 1.807) is 0 Å². The Kier molecular flexibility index (Phi) is 8.42. The number of piperidine rings is 1. The van der Waals surface area contributed by atoms with Crippen molar-refractivity contribution in [3.63, 3.8) is 0 Å². The lowest BCUT2D eigenvalue weighted by Crippen LogP contribution is -2.43. The third-order valence-electron chi connectivity index (χ3n) is 4.19. The molecule has 0 bridgehead atoms. The zero-order chi connectivity index (χ0) is 16.3. The molecule has 2 heterocycles. The summed E-state index contributed by atoms with van der Waals surface area (Å²) in [5.74, 6) is 1.62. The van der Waals surface area contributed by atoms with Crippen LogP contribution in [0, 0.1) is 5.92 Å². The minimum Gasteiger partial charge on any atom is -0.380 e. The summed E-state index contributed by atoms with van der Waals surface area (Å²) in [5, 5.41) is 8.89. The van der Waals surface area contributed by atoms with Gasteiger partial charge < -0.3 is 15.4 Å². The molecule has 0 amide bonds. The predicted molar refractivity (Wildman–Crippen MR) is 98.2 cm³/mol. The Hall–Kier alpha value is -1.11. The number of thiophene rings is 1. The van der Waals surface area contributed by atoms with E-state index in [2.05, 4.69) is 38.0 Å². The second kappa shape index (κ2) is 10.6. The Labute approximate surface area is 144 Å². The average molecular weight is 339 g/mol. The first-order chi connectivity index (χ1) is 11.3. The minimum atomic E-state index is 0.721. The lowest BCUT2D eigenvalue weighted by Gasteiger charge is -2.32. The predicted octanol–water partition coefficient (Wildman–Crippen LogP) is 2.16. The highest BCUT2D eigenvalue weighted by atomic mass is 32.1. The molecule has 2 N–H and O–H groups in total. The van der Waals surface area contributed by atoms with Crippen molar-refractivity contribution >= 4 is 17.3 Å². The first-order valence-electron chi connectivity index (χ1n) is 8.58. The number of nitrogens with zero attached hydrogens (tertiary/aromatic N) is 2. The molecule has 1 aliphatic rings. The van der Waals surface area contributed by atoms with E-state index < -0.39 is 0 Å². The molecule has 130 valence electrons. The Bertz CT molecular complexity index is 441. The standard InChI is InChI=1S/C17H30N4OS/c1-3-22-11-8-19-17(18-2)20-13-15-6-9-21(10-7-15)14-16-5-4-12-23-16/h4-5,12,15H,3,6-11,13-14H2,1-2H3,(H2,18,19,20). The summed E-state index contributed by atoms with van der Waals surface area (Å²) in [6, 6.07) is 4.37. The third kappa shape index (κ3) is 6.89. The number of nitrogens with one attached hydrogen (secondary N) is 2. The molecule has 23 heavy (non-hydrogen) atoms. The quantitative estimate of drug-likeness (QED) is 0.433. The molecular formula is C17H30N4OS. The average Bonchev–Trinajstić information content (AvgIpc) is 3.08. The van der Waals surface area contributed by atoms with Gasteiger partial charge in [-0.25, -0.2) is 0 Å². The fourth-order valence-corrected chi connectivity index (χ4v) is 3.57. The van der Waals surface area contributed by atoms with Gasteiger partial charge in [0.25, 0.3) is 0 Å². The second-order valence-electron chi connectivity index (χ2n) is 5.88. The number of hydrogen-bond donors (Lipinski definition) is 2. The van der Waals surface area contributed by atoms with Crippen molar-refractivity contribution < 1.29 is 4.74 Å². The van der Waals surface area contributed by atoms with E-state index in [1.807, 2.05) is 25.3 Å².